The van der Waals surface area contributed by atoms with E-state index in [2.05, 4.69) is 0 Å². The lowest BCUT2D eigenvalue weighted by Gasteiger charge is -2.24. The molecular formula is C26H19N4O4P. The number of ether oxygens (including phenoxy) is 2. The van der Waals surface area contributed by atoms with Gasteiger partial charge in [0.25, 0.3) is 0 Å². The Morgan fingerprint density at radius 1 is 0.800 bits per heavy atom. The minimum atomic E-state index is -1.90. The summed E-state index contributed by atoms with van der Waals surface area (Å²) >= 11 is 0. The van der Waals surface area contributed by atoms with Gasteiger partial charge < -0.3 is 19.7 Å². The average Bonchev–Trinajstić information content (AvgIpc) is 2.89. The predicted molar refractivity (Wildman–Crippen MR) is 129 cm³/mol. The Morgan fingerprint density at radius 3 is 1.94 bits per heavy atom. The average molecular weight is 482 g/mol. The molecule has 3 rings (SSSR count). The molecular weight excluding hydrogens is 463 g/mol. The lowest BCUT2D eigenvalue weighted by molar-refractivity contribution is 0.411. The van der Waals surface area contributed by atoms with E-state index in [1.165, 1.54) is 50.6 Å². The number of nitriles is 4. The summed E-state index contributed by atoms with van der Waals surface area (Å²) in [6.45, 7) is 0. The van der Waals surface area contributed by atoms with Crippen molar-refractivity contribution >= 4 is 19.2 Å². The number of aromatic hydroxyl groups is 2. The molecule has 2 N–H and O–H groups in total. The number of hydrogen-bond acceptors (Lipinski definition) is 8. The molecule has 3 aromatic carbocycles. The van der Waals surface area contributed by atoms with E-state index < -0.39 is 11.3 Å². The van der Waals surface area contributed by atoms with Crippen LogP contribution in [0.2, 0.25) is 0 Å². The van der Waals surface area contributed by atoms with Crippen LogP contribution in [-0.2, 0) is 5.41 Å². The molecule has 0 radical (unpaired) electrons. The second-order valence-corrected chi connectivity index (χ2v) is 8.56. The number of rotatable bonds is 7. The van der Waals surface area contributed by atoms with Gasteiger partial charge in [-0.25, -0.2) is 0 Å². The van der Waals surface area contributed by atoms with Gasteiger partial charge in [0.2, 0.25) is 0 Å². The fourth-order valence-corrected chi connectivity index (χ4v) is 4.97. The molecule has 0 amide bonds. The van der Waals surface area contributed by atoms with Crippen LogP contribution in [0.5, 0.6) is 23.0 Å². The van der Waals surface area contributed by atoms with E-state index in [4.69, 9.17) is 20.0 Å². The van der Waals surface area contributed by atoms with Gasteiger partial charge in [-0.05, 0) is 44.0 Å². The van der Waals surface area contributed by atoms with E-state index in [1.54, 1.807) is 18.2 Å². The second-order valence-electron chi connectivity index (χ2n) is 7.31. The van der Waals surface area contributed by atoms with Crippen molar-refractivity contribution in [1.82, 2.24) is 0 Å². The summed E-state index contributed by atoms with van der Waals surface area (Å²) in [5.41, 5.74) is -1.18. The Morgan fingerprint density at radius 2 is 1.40 bits per heavy atom. The Hall–Kier alpha value is -4.75. The van der Waals surface area contributed by atoms with Crippen molar-refractivity contribution in [2.45, 2.75) is 11.3 Å². The molecule has 1 unspecified atom stereocenters. The van der Waals surface area contributed by atoms with Crippen LogP contribution in [0.4, 0.5) is 0 Å². The minimum absolute atomic E-state index is 0.0325. The van der Waals surface area contributed by atoms with Crippen LogP contribution in [-0.4, -0.2) is 24.4 Å². The Bertz CT molecular complexity index is 1400. The summed E-state index contributed by atoms with van der Waals surface area (Å²) < 4.78 is 10.8. The summed E-state index contributed by atoms with van der Waals surface area (Å²) in [6.07, 6.45) is 0. The molecule has 35 heavy (non-hydrogen) atoms. The van der Waals surface area contributed by atoms with Crippen molar-refractivity contribution in [2.75, 3.05) is 14.2 Å². The highest BCUT2D eigenvalue weighted by molar-refractivity contribution is 7.56. The number of phenolic OH excluding ortho intramolecular Hbond substituents is 2. The lowest BCUT2D eigenvalue weighted by Crippen LogP contribution is -2.26. The summed E-state index contributed by atoms with van der Waals surface area (Å²) in [5.74, 6) is -0.644. The van der Waals surface area contributed by atoms with E-state index in [0.717, 1.165) is 0 Å². The van der Waals surface area contributed by atoms with Crippen molar-refractivity contribution in [3.63, 3.8) is 0 Å². The molecule has 0 bridgehead atoms. The zero-order chi connectivity index (χ0) is 25.6. The molecule has 9 heteroatoms. The zero-order valence-electron chi connectivity index (χ0n) is 18.8. The van der Waals surface area contributed by atoms with Crippen molar-refractivity contribution in [2.24, 2.45) is 0 Å². The third-order valence-corrected chi connectivity index (χ3v) is 6.99. The molecule has 8 nitrogen and oxygen atoms in total. The van der Waals surface area contributed by atoms with Crippen molar-refractivity contribution in [3.05, 3.63) is 71.3 Å². The Labute approximate surface area is 204 Å². The van der Waals surface area contributed by atoms with Crippen molar-refractivity contribution in [1.29, 1.82) is 21.0 Å². The quantitative estimate of drug-likeness (QED) is 0.487. The van der Waals surface area contributed by atoms with Gasteiger partial charge in [0.05, 0.1) is 49.1 Å². The lowest BCUT2D eigenvalue weighted by atomic mass is 9.76. The van der Waals surface area contributed by atoms with E-state index in [9.17, 15) is 20.7 Å². The highest BCUT2D eigenvalue weighted by atomic mass is 31.1. The van der Waals surface area contributed by atoms with Crippen molar-refractivity contribution in [3.8, 4) is 47.3 Å². The van der Waals surface area contributed by atoms with Gasteiger partial charge in [-0.15, -0.1) is 0 Å². The largest absolute Gasteiger partial charge is 0.507 e. The fourth-order valence-electron chi connectivity index (χ4n) is 3.64. The number of phenols is 2. The number of nitrogens with zero attached hydrogens (tertiary/aromatic N) is 4. The van der Waals surface area contributed by atoms with E-state index in [0.29, 0.717) is 22.4 Å². The number of benzene rings is 3. The summed E-state index contributed by atoms with van der Waals surface area (Å²) in [6, 6.07) is 21.5. The van der Waals surface area contributed by atoms with Crippen LogP contribution in [0.25, 0.3) is 0 Å². The highest BCUT2D eigenvalue weighted by Gasteiger charge is 2.39. The first-order valence-corrected chi connectivity index (χ1v) is 11.2. The smallest absolute Gasteiger partial charge is 0.197 e. The molecule has 0 heterocycles. The fraction of sp³-hybridized carbons (Fsp3) is 0.154. The van der Waals surface area contributed by atoms with Gasteiger partial charge in [-0.3, -0.25) is 0 Å². The summed E-state index contributed by atoms with van der Waals surface area (Å²) in [5, 5.41) is 60.9. The first-order valence-electron chi connectivity index (χ1n) is 10.2. The predicted octanol–water partition coefficient (Wildman–Crippen LogP) is 3.21. The summed E-state index contributed by atoms with van der Waals surface area (Å²) in [7, 11) is 2.56. The van der Waals surface area contributed by atoms with Crippen LogP contribution in [0, 0.1) is 45.3 Å². The maximum Gasteiger partial charge on any atom is 0.197 e. The van der Waals surface area contributed by atoms with Gasteiger partial charge in [0.15, 0.2) is 11.3 Å². The van der Waals surface area contributed by atoms with Gasteiger partial charge in [-0.2, -0.15) is 21.0 Å². The molecule has 3 aromatic rings. The topological polar surface area (TPSA) is 154 Å². The maximum atomic E-state index is 11.3. The van der Waals surface area contributed by atoms with Gasteiger partial charge in [0.1, 0.15) is 23.0 Å². The van der Waals surface area contributed by atoms with Gasteiger partial charge in [0, 0.05) is 5.56 Å². The molecule has 0 aliphatic carbocycles. The van der Waals surface area contributed by atoms with Gasteiger partial charge in [-0.1, -0.05) is 30.3 Å². The third kappa shape index (κ3) is 4.40. The molecule has 0 spiro atoms. The van der Waals surface area contributed by atoms with Crippen LogP contribution >= 0.6 is 8.58 Å². The van der Waals surface area contributed by atoms with E-state index >= 15 is 0 Å². The third-order valence-electron chi connectivity index (χ3n) is 5.51. The second kappa shape index (κ2) is 10.5. The Kier molecular flexibility index (Phi) is 7.43. The molecule has 172 valence electrons. The molecule has 0 fully saturated rings. The normalized spacial score (nSPS) is 10.8. The van der Waals surface area contributed by atoms with Gasteiger partial charge >= 0.3 is 0 Å². The zero-order valence-corrected chi connectivity index (χ0v) is 19.8. The first-order chi connectivity index (χ1) is 16.9. The standard InChI is InChI=1S/C26H19N4O4P/c1-33-21-5-3-4-20(31)24(21)35-25-22(34-2)11-10-19(23(25)32)26(14-29,15-30)18-8-6-16(7-9-18)17(12-27)13-28/h3-11,17,31-32,35H,1-2H3. The SMILES string of the molecule is COc1cccc(O)c1Pc1c(OC)ccc(C(C#N)(C#N)c2ccc(C(C#N)C#N)cc2)c1O. The van der Waals surface area contributed by atoms with Crippen LogP contribution in [0.1, 0.15) is 22.6 Å². The molecule has 0 aliphatic rings. The van der Waals surface area contributed by atoms with Crippen molar-refractivity contribution < 1.29 is 19.7 Å². The van der Waals surface area contributed by atoms with E-state index in [1.807, 2.05) is 24.3 Å². The van der Waals surface area contributed by atoms with Crippen LogP contribution in [0.3, 0.4) is 0 Å². The minimum Gasteiger partial charge on any atom is -0.507 e. The molecule has 0 saturated carbocycles. The van der Waals surface area contributed by atoms with Crippen LogP contribution < -0.4 is 20.1 Å². The molecule has 1 atom stereocenters. The highest BCUT2D eigenvalue weighted by Crippen LogP contribution is 2.41. The number of hydrogen-bond donors (Lipinski definition) is 2. The first kappa shape index (κ1) is 24.9. The van der Waals surface area contributed by atoms with Crippen LogP contribution in [0.15, 0.2) is 54.6 Å². The molecule has 0 saturated heterocycles. The monoisotopic (exact) mass is 482 g/mol. The molecule has 0 aliphatic heterocycles. The summed E-state index contributed by atoms with van der Waals surface area (Å²) in [4.78, 5) is 0. The van der Waals surface area contributed by atoms with E-state index in [-0.39, 0.29) is 36.5 Å². The number of methoxy groups -OCH3 is 2. The maximum absolute atomic E-state index is 11.3. The molecule has 0 aromatic heterocycles. The Balaban J connectivity index is 2.20.